The van der Waals surface area contributed by atoms with Crippen molar-refractivity contribution in [2.45, 2.75) is 0 Å². The smallest absolute Gasteiger partial charge is 0.248 e. The molecule has 1 aliphatic heterocycles. The number of hydrogen-bond acceptors (Lipinski definition) is 5. The molecule has 0 aliphatic carbocycles. The number of carbonyl (C=O) groups excluding carboxylic acids is 2. The number of piperazine rings is 1. The van der Waals surface area contributed by atoms with Gasteiger partial charge in [0.25, 0.3) is 0 Å². The molecule has 0 spiro atoms. The van der Waals surface area contributed by atoms with Crippen molar-refractivity contribution in [1.29, 1.82) is 0 Å². The second kappa shape index (κ2) is 8.60. The molecule has 0 radical (unpaired) electrons. The van der Waals surface area contributed by atoms with E-state index in [9.17, 15) is 14.7 Å². The predicted molar refractivity (Wildman–Crippen MR) is 105 cm³/mol. The average Bonchev–Trinajstić information content (AvgIpc) is 2.68. The Kier molecular flexibility index (Phi) is 5.98. The number of carboxylic acid groups (broad SMARTS) is 1. The Hall–Kier alpha value is -2.99. The van der Waals surface area contributed by atoms with E-state index in [1.807, 2.05) is 36.4 Å². The molecular weight excluding hydrogens is 366 g/mol. The van der Waals surface area contributed by atoms with Crippen LogP contribution in [0.2, 0.25) is 5.02 Å². The normalized spacial score (nSPS) is 14.4. The van der Waals surface area contributed by atoms with Gasteiger partial charge in [0.05, 0.1) is 5.97 Å². The minimum Gasteiger partial charge on any atom is -0.545 e. The zero-order valence-corrected chi connectivity index (χ0v) is 15.4. The number of halogens is 1. The number of aliphatic carboxylic acids is 1. The van der Waals surface area contributed by atoms with E-state index in [4.69, 9.17) is 11.6 Å². The van der Waals surface area contributed by atoms with Gasteiger partial charge in [-0.15, -0.1) is 0 Å². The topological polar surface area (TPSA) is 75.7 Å². The molecule has 1 amide bonds. The summed E-state index contributed by atoms with van der Waals surface area (Å²) in [6.07, 6.45) is 1.63. The molecule has 1 N–H and O–H groups in total. The molecule has 1 saturated heterocycles. The summed E-state index contributed by atoms with van der Waals surface area (Å²) in [5, 5.41) is 13.7. The summed E-state index contributed by atoms with van der Waals surface area (Å²) in [4.78, 5) is 26.5. The zero-order chi connectivity index (χ0) is 19.2. The van der Waals surface area contributed by atoms with Crippen LogP contribution in [0.15, 0.2) is 60.7 Å². The molecule has 7 heteroatoms. The van der Waals surface area contributed by atoms with E-state index in [1.54, 1.807) is 12.1 Å². The van der Waals surface area contributed by atoms with Crippen molar-refractivity contribution in [2.75, 3.05) is 41.3 Å². The summed E-state index contributed by atoms with van der Waals surface area (Å²) in [5.74, 6) is -1.92. The Labute approximate surface area is 162 Å². The van der Waals surface area contributed by atoms with Gasteiger partial charge in [-0.1, -0.05) is 11.6 Å². The van der Waals surface area contributed by atoms with Gasteiger partial charge in [0.15, 0.2) is 0 Å². The van der Waals surface area contributed by atoms with Gasteiger partial charge in [0.2, 0.25) is 5.91 Å². The van der Waals surface area contributed by atoms with Crippen molar-refractivity contribution in [3.05, 3.63) is 65.7 Å². The van der Waals surface area contributed by atoms with Crippen molar-refractivity contribution in [1.82, 2.24) is 0 Å². The third kappa shape index (κ3) is 5.24. The highest BCUT2D eigenvalue weighted by molar-refractivity contribution is 6.30. The van der Waals surface area contributed by atoms with Crippen LogP contribution in [0.5, 0.6) is 0 Å². The number of benzene rings is 2. The van der Waals surface area contributed by atoms with Crippen molar-refractivity contribution in [2.24, 2.45) is 0 Å². The molecule has 2 aromatic rings. The van der Waals surface area contributed by atoms with Gasteiger partial charge in [-0.25, -0.2) is 0 Å². The van der Waals surface area contributed by atoms with E-state index >= 15 is 0 Å². The highest BCUT2D eigenvalue weighted by Gasteiger charge is 2.17. The summed E-state index contributed by atoms with van der Waals surface area (Å²) in [7, 11) is 0. The molecule has 3 rings (SSSR count). The maximum Gasteiger partial charge on any atom is 0.248 e. The molecule has 0 aromatic heterocycles. The van der Waals surface area contributed by atoms with Crippen molar-refractivity contribution >= 4 is 40.5 Å². The number of anilines is 3. The first-order valence-corrected chi connectivity index (χ1v) is 8.94. The first-order valence-electron chi connectivity index (χ1n) is 8.57. The van der Waals surface area contributed by atoms with Crippen LogP contribution < -0.4 is 20.2 Å². The molecule has 1 aliphatic rings. The molecule has 27 heavy (non-hydrogen) atoms. The molecule has 0 bridgehead atoms. The SMILES string of the molecule is O=C([O-])/C=C\C(=O)Nc1ccc(N2CCN(c3ccc(Cl)cc3)CC2)cc1. The van der Waals surface area contributed by atoms with Gasteiger partial charge in [-0.3, -0.25) is 4.79 Å². The fourth-order valence-corrected chi connectivity index (χ4v) is 3.08. The summed E-state index contributed by atoms with van der Waals surface area (Å²) in [5.41, 5.74) is 2.85. The Morgan fingerprint density at radius 1 is 0.852 bits per heavy atom. The quantitative estimate of drug-likeness (QED) is 0.797. The number of hydrogen-bond donors (Lipinski definition) is 1. The third-order valence-electron chi connectivity index (χ3n) is 4.34. The van der Waals surface area contributed by atoms with Crippen LogP contribution in [-0.4, -0.2) is 38.1 Å². The number of nitrogens with one attached hydrogen (secondary N) is 1. The van der Waals surface area contributed by atoms with Crippen LogP contribution in [-0.2, 0) is 9.59 Å². The molecule has 0 saturated carbocycles. The number of amides is 1. The molecule has 0 unspecified atom stereocenters. The van der Waals surface area contributed by atoms with E-state index in [1.165, 1.54) is 5.69 Å². The van der Waals surface area contributed by atoms with E-state index in [-0.39, 0.29) is 0 Å². The average molecular weight is 385 g/mol. The van der Waals surface area contributed by atoms with E-state index in [0.717, 1.165) is 43.0 Å². The second-order valence-electron chi connectivity index (χ2n) is 6.14. The third-order valence-corrected chi connectivity index (χ3v) is 4.59. The van der Waals surface area contributed by atoms with Crippen LogP contribution >= 0.6 is 11.6 Å². The van der Waals surface area contributed by atoms with Crippen LogP contribution in [0.25, 0.3) is 0 Å². The minimum atomic E-state index is -1.40. The Morgan fingerprint density at radius 2 is 1.33 bits per heavy atom. The highest BCUT2D eigenvalue weighted by Crippen LogP contribution is 2.23. The van der Waals surface area contributed by atoms with Gasteiger partial charge in [0.1, 0.15) is 0 Å². The maximum absolute atomic E-state index is 11.6. The van der Waals surface area contributed by atoms with E-state index in [0.29, 0.717) is 11.8 Å². The standard InChI is InChI=1S/C20H20ClN3O3/c21-15-1-5-17(6-2-15)23-11-13-24(14-12-23)18-7-3-16(4-8-18)22-19(25)9-10-20(26)27/h1-10H,11-14H2,(H,22,25)(H,26,27)/p-1/b10-9-. The lowest BCUT2D eigenvalue weighted by Gasteiger charge is -2.37. The fourth-order valence-electron chi connectivity index (χ4n) is 2.96. The summed E-state index contributed by atoms with van der Waals surface area (Å²) < 4.78 is 0. The Bertz CT molecular complexity index is 827. The van der Waals surface area contributed by atoms with Gasteiger partial charge in [-0.05, 0) is 54.6 Å². The summed E-state index contributed by atoms with van der Waals surface area (Å²) in [6.45, 7) is 3.60. The predicted octanol–water partition coefficient (Wildman–Crippen LogP) is 1.91. The summed E-state index contributed by atoms with van der Waals surface area (Å²) in [6, 6.07) is 15.3. The number of carbonyl (C=O) groups is 2. The Balaban J connectivity index is 1.55. The van der Waals surface area contributed by atoms with Crippen LogP contribution in [0.4, 0.5) is 17.1 Å². The molecule has 6 nitrogen and oxygen atoms in total. The molecule has 2 aromatic carbocycles. The molecule has 1 fully saturated rings. The second-order valence-corrected chi connectivity index (χ2v) is 6.58. The number of nitrogens with zero attached hydrogens (tertiary/aromatic N) is 2. The van der Waals surface area contributed by atoms with Gasteiger partial charge in [-0.2, -0.15) is 0 Å². The van der Waals surface area contributed by atoms with Gasteiger partial charge < -0.3 is 25.0 Å². The van der Waals surface area contributed by atoms with Crippen LogP contribution in [0, 0.1) is 0 Å². The lowest BCUT2D eigenvalue weighted by atomic mass is 10.2. The highest BCUT2D eigenvalue weighted by atomic mass is 35.5. The van der Waals surface area contributed by atoms with E-state index in [2.05, 4.69) is 15.1 Å². The van der Waals surface area contributed by atoms with Crippen LogP contribution in [0.3, 0.4) is 0 Å². The molecular formula is C20H19ClN3O3-. The molecule has 1 heterocycles. The lowest BCUT2D eigenvalue weighted by molar-refractivity contribution is -0.297. The fraction of sp³-hybridized carbons (Fsp3) is 0.200. The molecule has 140 valence electrons. The van der Waals surface area contributed by atoms with Crippen molar-refractivity contribution < 1.29 is 14.7 Å². The van der Waals surface area contributed by atoms with E-state index < -0.39 is 11.9 Å². The minimum absolute atomic E-state index is 0.511. The van der Waals surface area contributed by atoms with Gasteiger partial charge >= 0.3 is 0 Å². The summed E-state index contributed by atoms with van der Waals surface area (Å²) >= 11 is 5.94. The first kappa shape index (κ1) is 18.8. The largest absolute Gasteiger partial charge is 0.545 e. The number of carboxylic acids is 1. The first-order chi connectivity index (χ1) is 13.0. The van der Waals surface area contributed by atoms with Crippen LogP contribution in [0.1, 0.15) is 0 Å². The monoisotopic (exact) mass is 384 g/mol. The number of rotatable bonds is 5. The Morgan fingerprint density at radius 3 is 1.81 bits per heavy atom. The lowest BCUT2D eigenvalue weighted by Crippen LogP contribution is -2.46. The van der Waals surface area contributed by atoms with Crippen molar-refractivity contribution in [3.8, 4) is 0 Å². The van der Waals surface area contributed by atoms with Gasteiger partial charge in [0, 0.05) is 54.3 Å². The zero-order valence-electron chi connectivity index (χ0n) is 14.6. The van der Waals surface area contributed by atoms with Crippen molar-refractivity contribution in [3.63, 3.8) is 0 Å². The maximum atomic E-state index is 11.6. The molecule has 0 atom stereocenters.